The number of hydrogen-bond acceptors (Lipinski definition) is 6. The summed E-state index contributed by atoms with van der Waals surface area (Å²) in [4.78, 5) is 13.3. The van der Waals surface area contributed by atoms with Crippen molar-refractivity contribution in [2.45, 2.75) is 64.8 Å². The monoisotopic (exact) mass is 399 g/mol. The Kier molecular flexibility index (Phi) is 9.02. The van der Waals surface area contributed by atoms with E-state index in [0.717, 1.165) is 36.9 Å². The minimum absolute atomic E-state index is 0.0313. The van der Waals surface area contributed by atoms with Crippen molar-refractivity contribution in [3.63, 3.8) is 0 Å². The lowest BCUT2D eigenvalue weighted by Gasteiger charge is -2.20. The summed E-state index contributed by atoms with van der Waals surface area (Å²) in [6.45, 7) is 13.9. The summed E-state index contributed by atoms with van der Waals surface area (Å²) in [6.07, 6.45) is 12.1. The van der Waals surface area contributed by atoms with Gasteiger partial charge in [-0.1, -0.05) is 58.6 Å². The van der Waals surface area contributed by atoms with Crippen LogP contribution >= 0.6 is 0 Å². The smallest absolute Gasteiger partial charge is 0.167 e. The van der Waals surface area contributed by atoms with E-state index in [1.165, 1.54) is 6.33 Å². The fourth-order valence-electron chi connectivity index (χ4n) is 3.43. The Bertz CT molecular complexity index is 830. The molecule has 2 aromatic heterocycles. The number of aliphatic hydroxyl groups is 1. The third-order valence-electron chi connectivity index (χ3n) is 4.79. The maximum absolute atomic E-state index is 9.30. The molecular formula is C22H33N5O2. The van der Waals surface area contributed by atoms with Crippen molar-refractivity contribution in [2.24, 2.45) is 0 Å². The van der Waals surface area contributed by atoms with Crippen molar-refractivity contribution in [3.05, 3.63) is 49.6 Å². The molecule has 0 saturated carbocycles. The van der Waals surface area contributed by atoms with Crippen LogP contribution < -0.4 is 5.32 Å². The predicted octanol–water partition coefficient (Wildman–Crippen LogP) is 4.40. The van der Waals surface area contributed by atoms with E-state index in [1.807, 2.05) is 30.6 Å². The molecule has 0 bridgehead atoms. The van der Waals surface area contributed by atoms with Gasteiger partial charge in [-0.2, -0.15) is 0 Å². The number of nitrogens with zero attached hydrogens (tertiary/aromatic N) is 4. The van der Waals surface area contributed by atoms with E-state index in [-0.39, 0.29) is 25.0 Å². The summed E-state index contributed by atoms with van der Waals surface area (Å²) in [7, 11) is 0. The van der Waals surface area contributed by atoms with E-state index in [9.17, 15) is 5.11 Å². The second-order valence-corrected chi connectivity index (χ2v) is 6.61. The van der Waals surface area contributed by atoms with Gasteiger partial charge in [-0.15, -0.1) is 0 Å². The Morgan fingerprint density at radius 3 is 2.76 bits per heavy atom. The van der Waals surface area contributed by atoms with Gasteiger partial charge in [0.1, 0.15) is 12.6 Å². The molecule has 3 atom stereocenters. The van der Waals surface area contributed by atoms with Crippen LogP contribution in [0.2, 0.25) is 0 Å². The zero-order valence-corrected chi connectivity index (χ0v) is 17.7. The number of aromatic nitrogens is 4. The Balaban J connectivity index is 0.00000145. The van der Waals surface area contributed by atoms with Gasteiger partial charge in [0.25, 0.3) is 0 Å². The first kappa shape index (κ1) is 22.8. The lowest BCUT2D eigenvalue weighted by atomic mass is 10.0. The number of aliphatic hydroxyl groups excluding tert-OH is 1. The second-order valence-electron chi connectivity index (χ2n) is 6.61. The average molecular weight is 400 g/mol. The first-order chi connectivity index (χ1) is 14.2. The molecule has 0 radical (unpaired) electrons. The molecule has 1 aliphatic heterocycles. The number of rotatable bonds is 9. The van der Waals surface area contributed by atoms with E-state index < -0.39 is 0 Å². The lowest BCUT2D eigenvalue weighted by Crippen LogP contribution is -2.22. The van der Waals surface area contributed by atoms with E-state index in [4.69, 9.17) is 4.74 Å². The molecule has 3 heterocycles. The highest BCUT2D eigenvalue weighted by molar-refractivity contribution is 5.83. The Morgan fingerprint density at radius 1 is 1.34 bits per heavy atom. The number of allylic oxidation sites excluding steroid dienone is 2. The van der Waals surface area contributed by atoms with Crippen LogP contribution in [0.5, 0.6) is 0 Å². The zero-order valence-electron chi connectivity index (χ0n) is 17.7. The molecule has 158 valence electrons. The molecule has 29 heavy (non-hydrogen) atoms. The van der Waals surface area contributed by atoms with Crippen LogP contribution in [-0.4, -0.2) is 43.4 Å². The molecule has 3 unspecified atom stereocenters. The van der Waals surface area contributed by atoms with Gasteiger partial charge >= 0.3 is 0 Å². The summed E-state index contributed by atoms with van der Waals surface area (Å²) >= 11 is 0. The number of hydrogen-bond donors (Lipinski definition) is 2. The van der Waals surface area contributed by atoms with Crippen molar-refractivity contribution in [2.75, 3.05) is 11.9 Å². The van der Waals surface area contributed by atoms with E-state index in [0.29, 0.717) is 11.3 Å². The molecule has 1 saturated heterocycles. The van der Waals surface area contributed by atoms with Crippen molar-refractivity contribution < 1.29 is 9.84 Å². The third-order valence-corrected chi connectivity index (χ3v) is 4.79. The van der Waals surface area contributed by atoms with Crippen LogP contribution in [0.25, 0.3) is 11.2 Å². The van der Waals surface area contributed by atoms with Crippen molar-refractivity contribution in [1.29, 1.82) is 0 Å². The fourth-order valence-corrected chi connectivity index (χ4v) is 3.43. The van der Waals surface area contributed by atoms with Gasteiger partial charge in [0.2, 0.25) is 0 Å². The largest absolute Gasteiger partial charge is 0.394 e. The number of fused-ring (bicyclic) bond motifs is 1. The third kappa shape index (κ3) is 5.31. The lowest BCUT2D eigenvalue weighted by molar-refractivity contribution is -0.0207. The maximum atomic E-state index is 9.30. The SMILES string of the molecule is C=C/C=C(\C=C)C(CCC)Nc1ncnc2c1ncn2C1CCC(CO)O1.CC. The van der Waals surface area contributed by atoms with Crippen LogP contribution in [0.4, 0.5) is 5.82 Å². The second kappa shape index (κ2) is 11.5. The maximum Gasteiger partial charge on any atom is 0.167 e. The topological polar surface area (TPSA) is 85.1 Å². The normalized spacial score (nSPS) is 20.1. The predicted molar refractivity (Wildman–Crippen MR) is 118 cm³/mol. The van der Waals surface area contributed by atoms with Crippen molar-refractivity contribution in [1.82, 2.24) is 19.5 Å². The Morgan fingerprint density at radius 2 is 2.14 bits per heavy atom. The van der Waals surface area contributed by atoms with Crippen LogP contribution in [0, 0.1) is 0 Å². The van der Waals surface area contributed by atoms with Crippen molar-refractivity contribution in [3.8, 4) is 0 Å². The summed E-state index contributed by atoms with van der Waals surface area (Å²) in [5.41, 5.74) is 2.49. The molecular weight excluding hydrogens is 366 g/mol. The number of anilines is 1. The van der Waals surface area contributed by atoms with Gasteiger partial charge < -0.3 is 15.2 Å². The quantitative estimate of drug-likeness (QED) is 0.608. The van der Waals surface area contributed by atoms with Crippen LogP contribution in [-0.2, 0) is 4.74 Å². The van der Waals surface area contributed by atoms with Gasteiger partial charge in [-0.05, 0) is 24.8 Å². The summed E-state index contributed by atoms with van der Waals surface area (Å²) < 4.78 is 7.79. The van der Waals surface area contributed by atoms with Crippen LogP contribution in [0.3, 0.4) is 0 Å². The molecule has 3 rings (SSSR count). The molecule has 0 aromatic carbocycles. The highest BCUT2D eigenvalue weighted by atomic mass is 16.5. The summed E-state index contributed by atoms with van der Waals surface area (Å²) in [5.74, 6) is 0.686. The number of nitrogens with one attached hydrogen (secondary N) is 1. The van der Waals surface area contributed by atoms with E-state index in [1.54, 1.807) is 12.4 Å². The number of ether oxygens (including phenoxy) is 1. The Hall–Kier alpha value is -2.51. The molecule has 7 nitrogen and oxygen atoms in total. The highest BCUT2D eigenvalue weighted by Crippen LogP contribution is 2.31. The van der Waals surface area contributed by atoms with Gasteiger partial charge in [-0.3, -0.25) is 4.57 Å². The molecule has 2 N–H and O–H groups in total. The molecule has 0 spiro atoms. The van der Waals surface area contributed by atoms with Crippen LogP contribution in [0.15, 0.2) is 49.6 Å². The van der Waals surface area contributed by atoms with Gasteiger partial charge in [0.05, 0.1) is 25.1 Å². The van der Waals surface area contributed by atoms with Crippen LogP contribution in [0.1, 0.15) is 52.7 Å². The minimum atomic E-state index is -0.161. The standard InChI is InChI=1S/C20H27N5O2.C2H6/c1-4-7-14(6-3)16(8-5-2)24-19-18-20(22-12-21-19)25(13-23-18)17-10-9-15(11-26)27-17;1-2/h4,6-7,12-13,15-17,26H,1,3,5,8-11H2,2H3,(H,21,22,24);1-2H3/b14-7+;. The molecule has 1 aliphatic rings. The summed E-state index contributed by atoms with van der Waals surface area (Å²) in [6, 6.07) is 0.0650. The van der Waals surface area contributed by atoms with Gasteiger partial charge in [-0.25, -0.2) is 15.0 Å². The Labute approximate surface area is 173 Å². The average Bonchev–Trinajstić information content (AvgIpc) is 3.40. The minimum Gasteiger partial charge on any atom is -0.394 e. The molecule has 7 heteroatoms. The number of imidazole rings is 1. The highest BCUT2D eigenvalue weighted by Gasteiger charge is 2.28. The van der Waals surface area contributed by atoms with E-state index in [2.05, 4.69) is 40.4 Å². The molecule has 1 fully saturated rings. The van der Waals surface area contributed by atoms with Gasteiger partial charge in [0, 0.05) is 0 Å². The molecule has 0 amide bonds. The van der Waals surface area contributed by atoms with E-state index >= 15 is 0 Å². The molecule has 0 aliphatic carbocycles. The summed E-state index contributed by atoms with van der Waals surface area (Å²) in [5, 5.41) is 12.8. The van der Waals surface area contributed by atoms with Crippen molar-refractivity contribution >= 4 is 17.0 Å². The first-order valence-corrected chi connectivity index (χ1v) is 10.4. The fraction of sp³-hybridized carbons (Fsp3) is 0.500. The first-order valence-electron chi connectivity index (χ1n) is 10.4. The zero-order chi connectivity index (χ0) is 21.2. The van der Waals surface area contributed by atoms with Gasteiger partial charge in [0.15, 0.2) is 17.0 Å². The molecule has 2 aromatic rings.